The molecule has 0 amide bonds. The Kier molecular flexibility index (Phi) is 2.49. The van der Waals surface area contributed by atoms with Crippen LogP contribution in [-0.4, -0.2) is 6.04 Å². The van der Waals surface area contributed by atoms with E-state index in [1.165, 1.54) is 37.7 Å². The van der Waals surface area contributed by atoms with Crippen LogP contribution in [0.2, 0.25) is 0 Å². The van der Waals surface area contributed by atoms with Gasteiger partial charge in [-0.2, -0.15) is 0 Å². The predicted molar refractivity (Wildman–Crippen MR) is 62.7 cm³/mol. The van der Waals surface area contributed by atoms with Crippen LogP contribution in [0.4, 0.5) is 0 Å². The van der Waals surface area contributed by atoms with Gasteiger partial charge in [-0.25, -0.2) is 0 Å². The minimum atomic E-state index is 0.661. The molecule has 1 heterocycles. The van der Waals surface area contributed by atoms with E-state index in [-0.39, 0.29) is 0 Å². The molecule has 15 heavy (non-hydrogen) atoms. The summed E-state index contributed by atoms with van der Waals surface area (Å²) in [5, 5.41) is 3.65. The van der Waals surface area contributed by atoms with Crippen LogP contribution in [0.25, 0.3) is 0 Å². The summed E-state index contributed by atoms with van der Waals surface area (Å²) in [4.78, 5) is 0. The zero-order valence-corrected chi connectivity index (χ0v) is 9.15. The molecule has 0 aromatic heterocycles. The van der Waals surface area contributed by atoms with Gasteiger partial charge in [-0.3, -0.25) is 0 Å². The van der Waals surface area contributed by atoms with E-state index in [2.05, 4.69) is 35.6 Å². The van der Waals surface area contributed by atoms with Gasteiger partial charge in [-0.05, 0) is 24.3 Å². The van der Waals surface area contributed by atoms with Crippen LogP contribution in [0.5, 0.6) is 0 Å². The fourth-order valence-electron chi connectivity index (χ4n) is 3.02. The van der Waals surface area contributed by atoms with Gasteiger partial charge in [-0.15, -0.1) is 0 Å². The van der Waals surface area contributed by atoms with E-state index in [1.807, 2.05) is 0 Å². The molecule has 0 radical (unpaired) electrons. The van der Waals surface area contributed by atoms with Gasteiger partial charge in [0, 0.05) is 12.1 Å². The van der Waals surface area contributed by atoms with Gasteiger partial charge in [0.15, 0.2) is 0 Å². The summed E-state index contributed by atoms with van der Waals surface area (Å²) in [7, 11) is 0. The molecule has 1 saturated heterocycles. The summed E-state index contributed by atoms with van der Waals surface area (Å²) >= 11 is 0. The summed E-state index contributed by atoms with van der Waals surface area (Å²) in [6.45, 7) is 0. The topological polar surface area (TPSA) is 21.9 Å². The lowest BCUT2D eigenvalue weighted by atomic mass is 9.85. The highest BCUT2D eigenvalue weighted by atomic mass is 15.2. The molecule has 2 aliphatic rings. The van der Waals surface area contributed by atoms with E-state index in [0.717, 1.165) is 12.0 Å². The largest absolute Gasteiger partial charge is 0.304 e. The molecular weight excluding hydrogens is 182 g/mol. The third-order valence-corrected chi connectivity index (χ3v) is 3.94. The van der Waals surface area contributed by atoms with Crippen molar-refractivity contribution in [3.8, 4) is 0 Å². The maximum Gasteiger partial charge on any atom is 0.0481 e. The van der Waals surface area contributed by atoms with Crippen LogP contribution >= 0.6 is 0 Å². The highest BCUT2D eigenvalue weighted by Gasteiger charge is 2.42. The van der Waals surface area contributed by atoms with E-state index >= 15 is 0 Å². The molecule has 1 heteroatoms. The van der Waals surface area contributed by atoms with E-state index < -0.39 is 0 Å². The SMILES string of the molecule is c1ccc(C2NC2C2CCCCC2)cc1. The van der Waals surface area contributed by atoms with E-state index in [4.69, 9.17) is 0 Å². The second kappa shape index (κ2) is 3.97. The Bertz CT molecular complexity index is 313. The number of nitrogens with one attached hydrogen (secondary N) is 1. The van der Waals surface area contributed by atoms with Crippen molar-refractivity contribution < 1.29 is 0 Å². The molecule has 80 valence electrons. The first-order valence-electron chi connectivity index (χ1n) is 6.26. The minimum absolute atomic E-state index is 0.661. The molecule has 2 unspecified atom stereocenters. The Labute approximate surface area is 91.9 Å². The van der Waals surface area contributed by atoms with Crippen molar-refractivity contribution in [1.82, 2.24) is 5.32 Å². The lowest BCUT2D eigenvalue weighted by Crippen LogP contribution is -2.14. The van der Waals surface area contributed by atoms with Crippen molar-refractivity contribution >= 4 is 0 Å². The quantitative estimate of drug-likeness (QED) is 0.729. The smallest absolute Gasteiger partial charge is 0.0481 e. The van der Waals surface area contributed by atoms with Gasteiger partial charge in [0.2, 0.25) is 0 Å². The van der Waals surface area contributed by atoms with Gasteiger partial charge >= 0.3 is 0 Å². The Balaban J connectivity index is 1.64. The molecule has 1 N–H and O–H groups in total. The molecule has 1 aliphatic carbocycles. The first-order chi connectivity index (χ1) is 7.45. The van der Waals surface area contributed by atoms with E-state index in [0.29, 0.717) is 6.04 Å². The number of rotatable bonds is 2. The lowest BCUT2D eigenvalue weighted by molar-refractivity contribution is 0.348. The van der Waals surface area contributed by atoms with Crippen molar-refractivity contribution in [3.05, 3.63) is 35.9 Å². The minimum Gasteiger partial charge on any atom is -0.304 e. The molecular formula is C14H19N. The zero-order valence-electron chi connectivity index (χ0n) is 9.15. The maximum absolute atomic E-state index is 3.65. The van der Waals surface area contributed by atoms with Crippen molar-refractivity contribution in [3.63, 3.8) is 0 Å². The van der Waals surface area contributed by atoms with Crippen LogP contribution in [-0.2, 0) is 0 Å². The maximum atomic E-state index is 3.65. The van der Waals surface area contributed by atoms with Crippen molar-refractivity contribution in [2.75, 3.05) is 0 Å². The molecule has 1 aliphatic heterocycles. The fraction of sp³-hybridized carbons (Fsp3) is 0.571. The summed E-state index contributed by atoms with van der Waals surface area (Å²) < 4.78 is 0. The third-order valence-electron chi connectivity index (χ3n) is 3.94. The van der Waals surface area contributed by atoms with Crippen LogP contribution in [0.15, 0.2) is 30.3 Å². The van der Waals surface area contributed by atoms with Crippen molar-refractivity contribution in [2.45, 2.75) is 44.2 Å². The van der Waals surface area contributed by atoms with Crippen molar-refractivity contribution in [2.24, 2.45) is 5.92 Å². The number of hydrogen-bond acceptors (Lipinski definition) is 1. The molecule has 0 spiro atoms. The molecule has 2 atom stereocenters. The molecule has 2 fully saturated rings. The van der Waals surface area contributed by atoms with Crippen LogP contribution in [0, 0.1) is 5.92 Å². The van der Waals surface area contributed by atoms with Gasteiger partial charge in [0.25, 0.3) is 0 Å². The van der Waals surface area contributed by atoms with Gasteiger partial charge in [-0.1, -0.05) is 49.6 Å². The third kappa shape index (κ3) is 1.93. The summed E-state index contributed by atoms with van der Waals surface area (Å²) in [5.74, 6) is 0.948. The van der Waals surface area contributed by atoms with E-state index in [1.54, 1.807) is 0 Å². The summed E-state index contributed by atoms with van der Waals surface area (Å²) in [6.07, 6.45) is 7.25. The normalized spacial score (nSPS) is 31.5. The van der Waals surface area contributed by atoms with Crippen LogP contribution < -0.4 is 5.32 Å². The lowest BCUT2D eigenvalue weighted by Gasteiger charge is -2.20. The average molecular weight is 201 g/mol. The summed E-state index contributed by atoms with van der Waals surface area (Å²) in [6, 6.07) is 12.3. The van der Waals surface area contributed by atoms with Crippen molar-refractivity contribution in [1.29, 1.82) is 0 Å². The van der Waals surface area contributed by atoms with Gasteiger partial charge in [0.05, 0.1) is 0 Å². The first-order valence-corrected chi connectivity index (χ1v) is 6.26. The van der Waals surface area contributed by atoms with Crippen LogP contribution in [0.1, 0.15) is 43.7 Å². The molecule has 1 aromatic carbocycles. The Hall–Kier alpha value is -0.820. The first kappa shape index (κ1) is 9.41. The van der Waals surface area contributed by atoms with Crippen LogP contribution in [0.3, 0.4) is 0 Å². The fourth-order valence-corrected chi connectivity index (χ4v) is 3.02. The number of benzene rings is 1. The molecule has 1 aromatic rings. The van der Waals surface area contributed by atoms with Gasteiger partial charge in [0.1, 0.15) is 0 Å². The van der Waals surface area contributed by atoms with Gasteiger partial charge < -0.3 is 5.32 Å². The Morgan fingerprint density at radius 2 is 1.67 bits per heavy atom. The summed E-state index contributed by atoms with van der Waals surface area (Å²) in [5.41, 5.74) is 1.48. The molecule has 1 saturated carbocycles. The average Bonchev–Trinajstić information content (AvgIpc) is 3.11. The highest BCUT2D eigenvalue weighted by molar-refractivity contribution is 5.26. The number of hydrogen-bond donors (Lipinski definition) is 1. The monoisotopic (exact) mass is 201 g/mol. The zero-order chi connectivity index (χ0) is 10.1. The van der Waals surface area contributed by atoms with E-state index in [9.17, 15) is 0 Å². The second-order valence-corrected chi connectivity index (χ2v) is 4.98. The Morgan fingerprint density at radius 3 is 2.40 bits per heavy atom. The molecule has 0 bridgehead atoms. The Morgan fingerprint density at radius 1 is 0.933 bits per heavy atom. The molecule has 1 nitrogen and oxygen atoms in total. The predicted octanol–water partition coefficient (Wildman–Crippen LogP) is 3.28. The standard InChI is InChI=1S/C14H19N/c1-3-7-11(8-4-1)13-14(15-13)12-9-5-2-6-10-12/h1,3-4,7-8,12-15H,2,5-6,9-10H2. The molecule has 3 rings (SSSR count). The highest BCUT2D eigenvalue weighted by Crippen LogP contribution is 2.40. The second-order valence-electron chi connectivity index (χ2n) is 4.98.